The minimum Gasteiger partial charge on any atom is -0.356 e. The number of carbonyl (C=O) groups excluding carboxylic acids is 1. The van der Waals surface area contributed by atoms with Gasteiger partial charge >= 0.3 is 0 Å². The zero-order valence-electron chi connectivity index (χ0n) is 16.1. The van der Waals surface area contributed by atoms with E-state index in [0.717, 1.165) is 28.6 Å². The van der Waals surface area contributed by atoms with Crippen LogP contribution in [0.5, 0.6) is 0 Å². The molecular weight excluding hydrogens is 472 g/mol. The largest absolute Gasteiger partial charge is 0.356 e. The number of nitrogens with one attached hydrogen (secondary N) is 2. The number of carbonyl (C=O) groups is 1. The summed E-state index contributed by atoms with van der Waals surface area (Å²) in [6.07, 6.45) is 7.91. The summed E-state index contributed by atoms with van der Waals surface area (Å²) in [4.78, 5) is 13.5. The molecule has 1 aromatic heterocycles. The van der Waals surface area contributed by atoms with Gasteiger partial charge in [0.1, 0.15) is 0 Å². The Labute approximate surface area is 184 Å². The van der Waals surface area contributed by atoms with E-state index in [1.807, 2.05) is 17.5 Å². The van der Waals surface area contributed by atoms with Gasteiger partial charge in [-0.3, -0.25) is 4.79 Å². The van der Waals surface area contributed by atoms with Gasteiger partial charge in [0.2, 0.25) is 15.9 Å². The quantitative estimate of drug-likeness (QED) is 0.483. The lowest BCUT2D eigenvalue weighted by atomic mass is 9.97. The number of allylic oxidation sites excluding steroid dienone is 1. The molecule has 0 spiro atoms. The molecule has 0 saturated carbocycles. The van der Waals surface area contributed by atoms with E-state index >= 15 is 0 Å². The maximum atomic E-state index is 12.8. The molecule has 1 aliphatic rings. The van der Waals surface area contributed by atoms with Crippen LogP contribution in [0, 0.1) is 0 Å². The average Bonchev–Trinajstić information content (AvgIpc) is 3.23. The highest BCUT2D eigenvalue weighted by atomic mass is 79.9. The van der Waals surface area contributed by atoms with Gasteiger partial charge in [-0.05, 0) is 67.8 Å². The molecule has 1 aromatic carbocycles. The van der Waals surface area contributed by atoms with Gasteiger partial charge < -0.3 is 5.32 Å². The number of amides is 1. The second-order valence-electron chi connectivity index (χ2n) is 7.06. The summed E-state index contributed by atoms with van der Waals surface area (Å²) in [7, 11) is -3.74. The fourth-order valence-electron chi connectivity index (χ4n) is 3.31. The van der Waals surface area contributed by atoms with Crippen molar-refractivity contribution in [2.45, 2.75) is 49.5 Å². The van der Waals surface area contributed by atoms with Crippen LogP contribution in [0.2, 0.25) is 0 Å². The summed E-state index contributed by atoms with van der Waals surface area (Å²) in [5.74, 6) is -0.154. The van der Waals surface area contributed by atoms with Crippen molar-refractivity contribution >= 4 is 43.2 Å². The second kappa shape index (κ2) is 10.5. The fourth-order valence-corrected chi connectivity index (χ4v) is 5.64. The Morgan fingerprint density at radius 1 is 1.17 bits per heavy atom. The summed E-state index contributed by atoms with van der Waals surface area (Å²) in [6.45, 7) is 0.585. The van der Waals surface area contributed by atoms with E-state index in [-0.39, 0.29) is 17.2 Å². The van der Waals surface area contributed by atoms with Crippen molar-refractivity contribution in [3.05, 3.63) is 62.8 Å². The molecule has 1 amide bonds. The number of hydrogen-bond donors (Lipinski definition) is 2. The first kappa shape index (κ1) is 22.2. The third kappa shape index (κ3) is 6.77. The average molecular weight is 497 g/mol. The monoisotopic (exact) mass is 496 g/mol. The summed E-state index contributed by atoms with van der Waals surface area (Å²) in [5, 5.41) is 4.82. The molecule has 0 saturated heterocycles. The number of halogens is 1. The molecule has 0 fully saturated rings. The van der Waals surface area contributed by atoms with E-state index in [9.17, 15) is 13.2 Å². The number of hydrogen-bond acceptors (Lipinski definition) is 4. The van der Waals surface area contributed by atoms with Gasteiger partial charge in [0.15, 0.2) is 0 Å². The molecule has 1 atom stereocenters. The van der Waals surface area contributed by atoms with E-state index in [1.165, 1.54) is 41.9 Å². The smallest absolute Gasteiger partial charge is 0.241 e. The van der Waals surface area contributed by atoms with Crippen LogP contribution < -0.4 is 10.0 Å². The van der Waals surface area contributed by atoms with Crippen molar-refractivity contribution in [3.63, 3.8) is 0 Å². The highest BCUT2D eigenvalue weighted by Crippen LogP contribution is 2.25. The summed E-state index contributed by atoms with van der Waals surface area (Å²) in [6, 6.07) is 9.54. The Balaban J connectivity index is 1.62. The molecular formula is C21H25BrN2O3S2. The maximum Gasteiger partial charge on any atom is 0.241 e. The first-order chi connectivity index (χ1) is 13.9. The van der Waals surface area contributed by atoms with Crippen LogP contribution in [0.4, 0.5) is 0 Å². The first-order valence-electron chi connectivity index (χ1n) is 9.70. The normalized spacial score (nSPS) is 15.6. The molecule has 8 heteroatoms. The van der Waals surface area contributed by atoms with Gasteiger partial charge in [-0.1, -0.05) is 33.6 Å². The Hall–Kier alpha value is -1.48. The van der Waals surface area contributed by atoms with Crippen LogP contribution in [0.3, 0.4) is 0 Å². The Bertz CT molecular complexity index is 939. The topological polar surface area (TPSA) is 75.3 Å². The van der Waals surface area contributed by atoms with Crippen molar-refractivity contribution < 1.29 is 13.2 Å². The zero-order chi connectivity index (χ0) is 20.7. The van der Waals surface area contributed by atoms with E-state index in [1.54, 1.807) is 12.1 Å². The van der Waals surface area contributed by atoms with Crippen molar-refractivity contribution in [3.8, 4) is 0 Å². The van der Waals surface area contributed by atoms with Crippen LogP contribution in [0.15, 0.2) is 62.8 Å². The van der Waals surface area contributed by atoms with Gasteiger partial charge in [0.05, 0.1) is 10.9 Å². The molecule has 156 valence electrons. The molecule has 1 aliphatic carbocycles. The highest BCUT2D eigenvalue weighted by molar-refractivity contribution is 9.10. The number of rotatable bonds is 9. The lowest BCUT2D eigenvalue weighted by Crippen LogP contribution is -2.34. The lowest BCUT2D eigenvalue weighted by Gasteiger charge is -2.18. The Kier molecular flexibility index (Phi) is 8.06. The van der Waals surface area contributed by atoms with Gasteiger partial charge in [-0.2, -0.15) is 0 Å². The molecule has 2 N–H and O–H groups in total. The third-order valence-electron chi connectivity index (χ3n) is 4.85. The highest BCUT2D eigenvalue weighted by Gasteiger charge is 2.24. The third-order valence-corrected chi connectivity index (χ3v) is 7.85. The van der Waals surface area contributed by atoms with Crippen molar-refractivity contribution in [1.29, 1.82) is 0 Å². The maximum absolute atomic E-state index is 12.8. The predicted octanol–water partition coefficient (Wildman–Crippen LogP) is 4.93. The first-order valence-corrected chi connectivity index (χ1v) is 12.9. The molecule has 0 unspecified atom stereocenters. The van der Waals surface area contributed by atoms with Crippen molar-refractivity contribution in [2.75, 3.05) is 6.54 Å². The molecule has 0 radical (unpaired) electrons. The van der Waals surface area contributed by atoms with Crippen molar-refractivity contribution in [1.82, 2.24) is 10.0 Å². The summed E-state index contributed by atoms with van der Waals surface area (Å²) >= 11 is 4.74. The van der Waals surface area contributed by atoms with Gasteiger partial charge in [-0.25, -0.2) is 13.1 Å². The van der Waals surface area contributed by atoms with Crippen LogP contribution in [-0.4, -0.2) is 20.9 Å². The number of sulfonamides is 1. The molecule has 3 rings (SSSR count). The Morgan fingerprint density at radius 3 is 2.62 bits per heavy atom. The SMILES string of the molecule is O=C(C[C@@H](NS(=O)(=O)c1ccc(Br)cc1)c1cccs1)NCCC1=CCCCC1. The molecule has 0 bridgehead atoms. The van der Waals surface area contributed by atoms with Crippen LogP contribution in [0.1, 0.15) is 49.4 Å². The van der Waals surface area contributed by atoms with E-state index in [0.29, 0.717) is 6.54 Å². The van der Waals surface area contributed by atoms with Gasteiger partial charge in [0.25, 0.3) is 0 Å². The molecule has 1 heterocycles. The standard InChI is InChI=1S/C21H25BrN2O3S2/c22-17-8-10-18(11-9-17)29(26,27)24-19(20-7-4-14-28-20)15-21(25)23-13-12-16-5-2-1-3-6-16/h4-5,7-11,14,19,24H,1-3,6,12-13,15H2,(H,23,25)/t19-/m1/s1. The Morgan fingerprint density at radius 2 is 1.97 bits per heavy atom. The molecule has 5 nitrogen and oxygen atoms in total. The molecule has 0 aliphatic heterocycles. The zero-order valence-corrected chi connectivity index (χ0v) is 19.3. The summed E-state index contributed by atoms with van der Waals surface area (Å²) < 4.78 is 29.1. The van der Waals surface area contributed by atoms with Crippen LogP contribution in [-0.2, 0) is 14.8 Å². The summed E-state index contributed by atoms with van der Waals surface area (Å²) in [5.41, 5.74) is 1.40. The minimum absolute atomic E-state index is 0.0648. The van der Waals surface area contributed by atoms with Gasteiger partial charge in [-0.15, -0.1) is 11.3 Å². The van der Waals surface area contributed by atoms with Gasteiger partial charge in [0, 0.05) is 22.3 Å². The van der Waals surface area contributed by atoms with Crippen LogP contribution >= 0.6 is 27.3 Å². The lowest BCUT2D eigenvalue weighted by molar-refractivity contribution is -0.121. The second-order valence-corrected chi connectivity index (χ2v) is 10.7. The number of benzene rings is 1. The number of thiophene rings is 1. The predicted molar refractivity (Wildman–Crippen MR) is 120 cm³/mol. The fraction of sp³-hybridized carbons (Fsp3) is 0.381. The minimum atomic E-state index is -3.74. The van der Waals surface area contributed by atoms with Crippen LogP contribution in [0.25, 0.3) is 0 Å². The van der Waals surface area contributed by atoms with E-state index < -0.39 is 16.1 Å². The van der Waals surface area contributed by atoms with E-state index in [2.05, 4.69) is 32.0 Å². The van der Waals surface area contributed by atoms with E-state index in [4.69, 9.17) is 0 Å². The van der Waals surface area contributed by atoms with Crippen molar-refractivity contribution in [2.24, 2.45) is 0 Å². The molecule has 29 heavy (non-hydrogen) atoms. The molecule has 2 aromatic rings.